The van der Waals surface area contributed by atoms with Crippen LogP contribution in [0.2, 0.25) is 5.02 Å². The van der Waals surface area contributed by atoms with Gasteiger partial charge in [0.05, 0.1) is 10.5 Å². The first-order valence-corrected chi connectivity index (χ1v) is 6.63. The van der Waals surface area contributed by atoms with Crippen LogP contribution in [-0.2, 0) is 4.79 Å². The summed E-state index contributed by atoms with van der Waals surface area (Å²) in [4.78, 5) is 34.6. The molecule has 0 aliphatic heterocycles. The Morgan fingerprint density at radius 1 is 1.48 bits per heavy atom. The van der Waals surface area contributed by atoms with Crippen molar-refractivity contribution in [3.05, 3.63) is 38.9 Å². The van der Waals surface area contributed by atoms with Gasteiger partial charge in [-0.3, -0.25) is 19.7 Å². The highest BCUT2D eigenvalue weighted by Gasteiger charge is 2.27. The van der Waals surface area contributed by atoms with Gasteiger partial charge in [0.25, 0.3) is 11.6 Å². The van der Waals surface area contributed by atoms with Crippen LogP contribution < -0.4 is 0 Å². The van der Waals surface area contributed by atoms with E-state index in [4.69, 9.17) is 16.7 Å². The van der Waals surface area contributed by atoms with Crippen molar-refractivity contribution in [2.75, 3.05) is 6.54 Å². The lowest BCUT2D eigenvalue weighted by molar-refractivity contribution is -0.384. The maximum absolute atomic E-state index is 12.4. The van der Waals surface area contributed by atoms with Crippen molar-refractivity contribution in [1.82, 2.24) is 4.90 Å². The molecule has 1 amide bonds. The van der Waals surface area contributed by atoms with Gasteiger partial charge >= 0.3 is 5.97 Å². The largest absolute Gasteiger partial charge is 0.480 e. The minimum atomic E-state index is -1.16. The Balaban J connectivity index is 3.23. The third-order valence-corrected chi connectivity index (χ3v) is 3.49. The molecule has 114 valence electrons. The monoisotopic (exact) mass is 314 g/mol. The molecule has 7 nitrogen and oxygen atoms in total. The number of hydrogen-bond acceptors (Lipinski definition) is 4. The molecule has 0 aliphatic rings. The number of carboxylic acid groups (broad SMARTS) is 1. The second-order valence-corrected chi connectivity index (χ2v) is 4.86. The normalized spacial score (nSPS) is 11.8. The van der Waals surface area contributed by atoms with Gasteiger partial charge in [-0.15, -0.1) is 0 Å². The zero-order valence-electron chi connectivity index (χ0n) is 11.6. The SMILES string of the molecule is CCC(C)N(CC(=O)O)C(=O)c1cccc([N+](=O)[O-])c1Cl. The zero-order valence-corrected chi connectivity index (χ0v) is 12.3. The minimum Gasteiger partial charge on any atom is -0.480 e. The first-order chi connectivity index (χ1) is 9.79. The molecule has 0 heterocycles. The van der Waals surface area contributed by atoms with Crippen LogP contribution in [0.1, 0.15) is 30.6 Å². The van der Waals surface area contributed by atoms with Crippen LogP contribution in [0.3, 0.4) is 0 Å². The fraction of sp³-hybridized carbons (Fsp3) is 0.385. The van der Waals surface area contributed by atoms with Gasteiger partial charge in [0, 0.05) is 12.1 Å². The zero-order chi connectivity index (χ0) is 16.2. The molecule has 0 bridgehead atoms. The maximum atomic E-state index is 12.4. The van der Waals surface area contributed by atoms with Crippen LogP contribution in [0.4, 0.5) is 5.69 Å². The van der Waals surface area contributed by atoms with E-state index in [1.165, 1.54) is 18.2 Å². The molecule has 0 radical (unpaired) electrons. The summed E-state index contributed by atoms with van der Waals surface area (Å²) in [6.45, 7) is 3.01. The van der Waals surface area contributed by atoms with Crippen molar-refractivity contribution in [2.45, 2.75) is 26.3 Å². The van der Waals surface area contributed by atoms with Crippen LogP contribution in [-0.4, -0.2) is 39.4 Å². The Hall–Kier alpha value is -2.15. The van der Waals surface area contributed by atoms with Crippen molar-refractivity contribution >= 4 is 29.2 Å². The smallest absolute Gasteiger partial charge is 0.323 e. The summed E-state index contributed by atoms with van der Waals surface area (Å²) in [6, 6.07) is 3.54. The third-order valence-electron chi connectivity index (χ3n) is 3.09. The number of halogens is 1. The Labute approximate surface area is 126 Å². The van der Waals surface area contributed by atoms with Crippen LogP contribution in [0.25, 0.3) is 0 Å². The quantitative estimate of drug-likeness (QED) is 0.642. The van der Waals surface area contributed by atoms with Gasteiger partial charge in [0.2, 0.25) is 0 Å². The number of carboxylic acids is 1. The summed E-state index contributed by atoms with van der Waals surface area (Å²) < 4.78 is 0. The predicted octanol–water partition coefficient (Wildman–Crippen LogP) is 2.57. The summed E-state index contributed by atoms with van der Waals surface area (Å²) >= 11 is 5.89. The second-order valence-electron chi connectivity index (χ2n) is 4.48. The second kappa shape index (κ2) is 7.03. The maximum Gasteiger partial charge on any atom is 0.323 e. The molecule has 0 fully saturated rings. The minimum absolute atomic E-state index is 0.0765. The van der Waals surface area contributed by atoms with Gasteiger partial charge in [-0.1, -0.05) is 24.6 Å². The van der Waals surface area contributed by atoms with E-state index in [-0.39, 0.29) is 22.3 Å². The van der Waals surface area contributed by atoms with E-state index in [1.54, 1.807) is 6.92 Å². The van der Waals surface area contributed by atoms with Crippen LogP contribution >= 0.6 is 11.6 Å². The molecule has 1 N–H and O–H groups in total. The number of aliphatic carboxylic acids is 1. The number of nitro benzene ring substituents is 1. The van der Waals surface area contributed by atoms with Crippen LogP contribution in [0, 0.1) is 10.1 Å². The summed E-state index contributed by atoms with van der Waals surface area (Å²) in [6.07, 6.45) is 0.547. The summed E-state index contributed by atoms with van der Waals surface area (Å²) in [7, 11) is 0. The molecule has 1 aromatic rings. The average molecular weight is 315 g/mol. The summed E-state index contributed by atoms with van der Waals surface area (Å²) in [5, 5.41) is 19.5. The van der Waals surface area contributed by atoms with Crippen LogP contribution in [0.15, 0.2) is 18.2 Å². The molecule has 0 aromatic heterocycles. The third kappa shape index (κ3) is 3.91. The lowest BCUT2D eigenvalue weighted by atomic mass is 10.1. The van der Waals surface area contributed by atoms with Gasteiger partial charge in [-0.05, 0) is 19.4 Å². The van der Waals surface area contributed by atoms with E-state index in [0.29, 0.717) is 6.42 Å². The molecule has 1 rings (SSSR count). The highest BCUT2D eigenvalue weighted by molar-refractivity contribution is 6.35. The number of benzene rings is 1. The van der Waals surface area contributed by atoms with Gasteiger partial charge in [0.1, 0.15) is 11.6 Å². The molecule has 21 heavy (non-hydrogen) atoms. The van der Waals surface area contributed by atoms with Gasteiger partial charge in [0.15, 0.2) is 0 Å². The number of nitrogens with zero attached hydrogens (tertiary/aromatic N) is 2. The highest BCUT2D eigenvalue weighted by atomic mass is 35.5. The Kier molecular flexibility index (Phi) is 5.66. The van der Waals surface area contributed by atoms with E-state index in [9.17, 15) is 19.7 Å². The molecular weight excluding hydrogens is 300 g/mol. The molecule has 1 aromatic carbocycles. The number of amides is 1. The van der Waals surface area contributed by atoms with E-state index < -0.39 is 23.3 Å². The first kappa shape index (κ1) is 16.9. The molecule has 1 atom stereocenters. The number of rotatable bonds is 6. The number of carbonyl (C=O) groups excluding carboxylic acids is 1. The van der Waals surface area contributed by atoms with E-state index in [1.807, 2.05) is 6.92 Å². The predicted molar refractivity (Wildman–Crippen MR) is 76.5 cm³/mol. The number of nitro groups is 1. The molecule has 0 saturated heterocycles. The Morgan fingerprint density at radius 3 is 2.57 bits per heavy atom. The number of carbonyl (C=O) groups is 2. The molecule has 1 unspecified atom stereocenters. The van der Waals surface area contributed by atoms with E-state index in [2.05, 4.69) is 0 Å². The first-order valence-electron chi connectivity index (χ1n) is 6.25. The Morgan fingerprint density at radius 2 is 2.10 bits per heavy atom. The molecule has 0 aliphatic carbocycles. The van der Waals surface area contributed by atoms with E-state index >= 15 is 0 Å². The van der Waals surface area contributed by atoms with E-state index in [0.717, 1.165) is 4.90 Å². The van der Waals surface area contributed by atoms with Crippen molar-refractivity contribution in [3.63, 3.8) is 0 Å². The topological polar surface area (TPSA) is 101 Å². The lowest BCUT2D eigenvalue weighted by Gasteiger charge is -2.27. The molecule has 8 heteroatoms. The fourth-order valence-corrected chi connectivity index (χ4v) is 2.05. The molecule has 0 spiro atoms. The molecule has 0 saturated carbocycles. The van der Waals surface area contributed by atoms with Gasteiger partial charge < -0.3 is 10.0 Å². The van der Waals surface area contributed by atoms with Gasteiger partial charge in [-0.25, -0.2) is 0 Å². The Bertz CT molecular complexity index is 576. The average Bonchev–Trinajstić information content (AvgIpc) is 2.43. The van der Waals surface area contributed by atoms with Crippen molar-refractivity contribution in [1.29, 1.82) is 0 Å². The van der Waals surface area contributed by atoms with Crippen molar-refractivity contribution < 1.29 is 19.6 Å². The summed E-state index contributed by atoms with van der Waals surface area (Å²) in [5.74, 6) is -1.80. The highest BCUT2D eigenvalue weighted by Crippen LogP contribution is 2.29. The van der Waals surface area contributed by atoms with Crippen molar-refractivity contribution in [2.24, 2.45) is 0 Å². The van der Waals surface area contributed by atoms with Crippen LogP contribution in [0.5, 0.6) is 0 Å². The number of hydrogen-bond donors (Lipinski definition) is 1. The summed E-state index contributed by atoms with van der Waals surface area (Å²) in [5.41, 5.74) is -0.464. The molecular formula is C13H15ClN2O5. The van der Waals surface area contributed by atoms with Gasteiger partial charge in [-0.2, -0.15) is 0 Å². The lowest BCUT2D eigenvalue weighted by Crippen LogP contribution is -2.42. The fourth-order valence-electron chi connectivity index (χ4n) is 1.77. The standard InChI is InChI=1S/C13H15ClN2O5/c1-3-8(2)15(7-11(17)18)13(19)9-5-4-6-10(12(9)14)16(20)21/h4-6,8H,3,7H2,1-2H3,(H,17,18). The van der Waals surface area contributed by atoms with Crippen molar-refractivity contribution in [3.8, 4) is 0 Å².